The van der Waals surface area contributed by atoms with Gasteiger partial charge in [-0.3, -0.25) is 9.59 Å². The summed E-state index contributed by atoms with van der Waals surface area (Å²) >= 11 is 6.11. The molecule has 1 saturated heterocycles. The lowest BCUT2D eigenvalue weighted by Gasteiger charge is -2.29. The van der Waals surface area contributed by atoms with Crippen molar-refractivity contribution in [3.63, 3.8) is 0 Å². The number of nitrogen functional groups attached to an aromatic ring is 2. The normalized spacial score (nSPS) is 14.1. The van der Waals surface area contributed by atoms with Crippen LogP contribution in [0.4, 0.5) is 11.6 Å². The highest BCUT2D eigenvalue weighted by molar-refractivity contribution is 6.31. The number of anilines is 2. The van der Waals surface area contributed by atoms with Crippen molar-refractivity contribution in [2.45, 2.75) is 50.5 Å². The monoisotopic (exact) mass is 799 g/mol. The number of carbonyl (C=O) groups excluding carboxylic acids is 3. The van der Waals surface area contributed by atoms with Gasteiger partial charge in [-0.1, -0.05) is 42.3 Å². The Hall–Kier alpha value is -4.74. The van der Waals surface area contributed by atoms with E-state index >= 15 is 0 Å². The second-order valence-corrected chi connectivity index (χ2v) is 13.6. The summed E-state index contributed by atoms with van der Waals surface area (Å²) in [5, 5.41) is 14.4. The van der Waals surface area contributed by atoms with E-state index in [1.54, 1.807) is 12.1 Å². The molecule has 4 rings (SSSR count). The first-order valence-corrected chi connectivity index (χ1v) is 19.2. The number of aliphatic hydroxyl groups excluding tert-OH is 1. The minimum absolute atomic E-state index is 0.0452. The van der Waals surface area contributed by atoms with Gasteiger partial charge in [0.05, 0.1) is 46.2 Å². The first-order valence-electron chi connectivity index (χ1n) is 18.8. The third-order valence-corrected chi connectivity index (χ3v) is 9.51. The first-order chi connectivity index (χ1) is 27.2. The molecule has 1 aliphatic heterocycles. The van der Waals surface area contributed by atoms with E-state index < -0.39 is 17.9 Å². The minimum atomic E-state index is -0.558. The number of likely N-dealkylation sites (tertiary alicyclic amines) is 1. The Morgan fingerprint density at radius 2 is 1.46 bits per heavy atom. The van der Waals surface area contributed by atoms with Crippen molar-refractivity contribution >= 4 is 41.0 Å². The molecule has 1 fully saturated rings. The Balaban J connectivity index is 1.45. The van der Waals surface area contributed by atoms with Crippen LogP contribution in [0.3, 0.4) is 0 Å². The lowest BCUT2D eigenvalue weighted by atomic mass is 9.87. The van der Waals surface area contributed by atoms with Gasteiger partial charge in [-0.15, -0.1) is 0 Å². The molecule has 2 atom stereocenters. The van der Waals surface area contributed by atoms with E-state index in [1.165, 1.54) is 26.4 Å². The summed E-state index contributed by atoms with van der Waals surface area (Å²) in [4.78, 5) is 48.1. The number of aliphatic hydroxyl groups is 1. The molecule has 2 amide bonds. The molecule has 3 aromatic rings. The van der Waals surface area contributed by atoms with E-state index in [9.17, 15) is 14.4 Å². The second-order valence-electron chi connectivity index (χ2n) is 13.2. The number of aromatic nitrogens is 2. The third-order valence-electron chi connectivity index (χ3n) is 9.24. The highest BCUT2D eigenvalue weighted by Crippen LogP contribution is 2.32. The first kappa shape index (κ1) is 44.0. The fourth-order valence-electron chi connectivity index (χ4n) is 6.21. The number of rotatable bonds is 24. The SMILES string of the molecule is COC(=O)COc1ccc(C(CCC(NC(=O)c2nc(Cl)c(N)nc2N)c2ccc(OCC(=O)NCCOCCOCCO)cc2)CCN2CCCCC2)cc1. The molecule has 16 nitrogen and oxygen atoms in total. The zero-order valence-corrected chi connectivity index (χ0v) is 32.6. The fraction of sp³-hybridized carbons (Fsp3) is 0.513. The van der Waals surface area contributed by atoms with Gasteiger partial charge < -0.3 is 55.8 Å². The van der Waals surface area contributed by atoms with Crippen molar-refractivity contribution in [2.75, 3.05) is 91.0 Å². The van der Waals surface area contributed by atoms with Gasteiger partial charge in [0.1, 0.15) is 11.5 Å². The van der Waals surface area contributed by atoms with Gasteiger partial charge in [-0.25, -0.2) is 14.8 Å². The number of ether oxygens (including phenoxy) is 5. The van der Waals surface area contributed by atoms with Crippen molar-refractivity contribution in [3.8, 4) is 11.5 Å². The van der Waals surface area contributed by atoms with Crippen LogP contribution in [-0.2, 0) is 23.8 Å². The van der Waals surface area contributed by atoms with E-state index in [2.05, 4.69) is 30.2 Å². The Labute approximate surface area is 332 Å². The highest BCUT2D eigenvalue weighted by atomic mass is 35.5. The number of esters is 1. The molecular weight excluding hydrogens is 746 g/mol. The van der Waals surface area contributed by atoms with Crippen LogP contribution in [-0.4, -0.2) is 117 Å². The molecule has 2 heterocycles. The van der Waals surface area contributed by atoms with Crippen LogP contribution >= 0.6 is 11.6 Å². The summed E-state index contributed by atoms with van der Waals surface area (Å²) in [6.45, 7) is 4.26. The summed E-state index contributed by atoms with van der Waals surface area (Å²) in [6.07, 6.45) is 5.78. The molecule has 0 bridgehead atoms. The van der Waals surface area contributed by atoms with E-state index in [0.717, 1.165) is 37.2 Å². The molecule has 2 aromatic carbocycles. The lowest BCUT2D eigenvalue weighted by molar-refractivity contribution is -0.142. The Bertz CT molecular complexity index is 1660. The predicted octanol–water partition coefficient (Wildman–Crippen LogP) is 3.28. The maximum Gasteiger partial charge on any atom is 0.343 e. The average Bonchev–Trinajstić information content (AvgIpc) is 3.21. The zero-order valence-electron chi connectivity index (χ0n) is 31.9. The summed E-state index contributed by atoms with van der Waals surface area (Å²) in [5.41, 5.74) is 13.6. The van der Waals surface area contributed by atoms with Gasteiger partial charge in [-0.05, 0) is 93.0 Å². The van der Waals surface area contributed by atoms with E-state index in [4.69, 9.17) is 47.1 Å². The van der Waals surface area contributed by atoms with Crippen LogP contribution in [0.25, 0.3) is 0 Å². The quantitative estimate of drug-likeness (QED) is 0.0649. The Morgan fingerprint density at radius 1 is 0.821 bits per heavy atom. The lowest BCUT2D eigenvalue weighted by Crippen LogP contribution is -2.32. The maximum absolute atomic E-state index is 13.6. The molecule has 0 spiro atoms. The van der Waals surface area contributed by atoms with E-state index in [0.29, 0.717) is 50.7 Å². The van der Waals surface area contributed by atoms with Gasteiger partial charge in [0.15, 0.2) is 35.7 Å². The number of methoxy groups -OCH3 is 1. The highest BCUT2D eigenvalue weighted by Gasteiger charge is 2.24. The largest absolute Gasteiger partial charge is 0.484 e. The number of halogens is 1. The minimum Gasteiger partial charge on any atom is -0.484 e. The number of piperidine rings is 1. The summed E-state index contributed by atoms with van der Waals surface area (Å²) < 4.78 is 26.5. The summed E-state index contributed by atoms with van der Waals surface area (Å²) in [5.74, 6) is -0.377. The fourth-order valence-corrected chi connectivity index (χ4v) is 6.33. The molecule has 56 heavy (non-hydrogen) atoms. The van der Waals surface area contributed by atoms with Crippen molar-refractivity contribution < 1.29 is 43.2 Å². The number of amides is 2. The molecular formula is C39H54ClN7O9. The topological polar surface area (TPSA) is 223 Å². The molecule has 7 N–H and O–H groups in total. The number of hydrogen-bond acceptors (Lipinski definition) is 14. The van der Waals surface area contributed by atoms with E-state index in [-0.39, 0.29) is 60.7 Å². The third kappa shape index (κ3) is 15.1. The molecule has 1 aromatic heterocycles. The van der Waals surface area contributed by atoms with Crippen LogP contribution in [0.1, 0.15) is 72.1 Å². The number of nitrogens with one attached hydrogen (secondary N) is 2. The van der Waals surface area contributed by atoms with Crippen molar-refractivity contribution in [1.82, 2.24) is 25.5 Å². The molecule has 0 radical (unpaired) electrons. The number of nitrogens with zero attached hydrogens (tertiary/aromatic N) is 3. The number of hydrogen-bond donors (Lipinski definition) is 5. The molecule has 17 heteroatoms. The molecule has 0 saturated carbocycles. The van der Waals surface area contributed by atoms with E-state index in [1.807, 2.05) is 36.4 Å². The average molecular weight is 800 g/mol. The van der Waals surface area contributed by atoms with Crippen LogP contribution in [0.5, 0.6) is 11.5 Å². The van der Waals surface area contributed by atoms with Gasteiger partial charge in [0, 0.05) is 6.54 Å². The smallest absolute Gasteiger partial charge is 0.343 e. The molecule has 306 valence electrons. The van der Waals surface area contributed by atoms with Crippen LogP contribution in [0.15, 0.2) is 48.5 Å². The van der Waals surface area contributed by atoms with Gasteiger partial charge in [-0.2, -0.15) is 0 Å². The van der Waals surface area contributed by atoms with Gasteiger partial charge in [0.25, 0.3) is 11.8 Å². The number of benzene rings is 2. The predicted molar refractivity (Wildman–Crippen MR) is 211 cm³/mol. The van der Waals surface area contributed by atoms with Crippen LogP contribution in [0.2, 0.25) is 5.15 Å². The van der Waals surface area contributed by atoms with Crippen molar-refractivity contribution in [1.29, 1.82) is 0 Å². The summed E-state index contributed by atoms with van der Waals surface area (Å²) in [7, 11) is 1.32. The number of carbonyl (C=O) groups is 3. The standard InChI is InChI=1S/C39H54ClN7O9/c1-52-34(50)26-56-31-10-5-27(6-11-31)28(15-19-47-17-3-2-4-18-47)9-14-32(44-39(51)35-37(41)46-38(42)36(40)45-35)29-7-12-30(13-8-29)55-25-33(49)43-16-21-53-23-24-54-22-20-48/h5-8,10-13,28,32,48H,2-4,9,14-26H2,1H3,(H,43,49)(H,44,51)(H4,41,42,46). The second kappa shape index (κ2) is 24.0. The Kier molecular flexibility index (Phi) is 18.9. The molecule has 1 aliphatic rings. The van der Waals surface area contributed by atoms with Crippen LogP contribution in [0, 0.1) is 0 Å². The van der Waals surface area contributed by atoms with Crippen molar-refractivity contribution in [2.24, 2.45) is 0 Å². The zero-order chi connectivity index (χ0) is 40.1. The van der Waals surface area contributed by atoms with Crippen LogP contribution < -0.4 is 31.6 Å². The number of nitrogens with two attached hydrogens (primary N) is 2. The van der Waals surface area contributed by atoms with Gasteiger partial charge >= 0.3 is 5.97 Å². The van der Waals surface area contributed by atoms with Crippen molar-refractivity contribution in [3.05, 3.63) is 70.5 Å². The summed E-state index contributed by atoms with van der Waals surface area (Å²) in [6, 6.07) is 14.4. The Morgan fingerprint density at radius 3 is 2.12 bits per heavy atom. The molecule has 0 aliphatic carbocycles. The molecule has 2 unspecified atom stereocenters. The maximum atomic E-state index is 13.6. The van der Waals surface area contributed by atoms with Gasteiger partial charge in [0.2, 0.25) is 0 Å².